The van der Waals surface area contributed by atoms with E-state index in [1.54, 1.807) is 24.3 Å². The summed E-state index contributed by atoms with van der Waals surface area (Å²) in [5.41, 5.74) is 12.2. The van der Waals surface area contributed by atoms with Crippen molar-refractivity contribution < 1.29 is 10.3 Å². The molecule has 66 valence electrons. The standard InChI is InChI=1S/C6H8N2.HNO3/c7-5-1-2-6(8)4-3-5;2-1(3)4/h1-4H,7-8H2;(H,2,3,4). The first-order valence-electron chi connectivity index (χ1n) is 2.96. The Balaban J connectivity index is 0.000000261. The SMILES string of the molecule is Nc1ccc(N)cc1.O=[N+]([O-])O. The van der Waals surface area contributed by atoms with Crippen LogP contribution in [0.4, 0.5) is 11.4 Å². The molecule has 0 atom stereocenters. The van der Waals surface area contributed by atoms with Crippen molar-refractivity contribution in [3.8, 4) is 0 Å². The Bertz CT molecular complexity index is 222. The van der Waals surface area contributed by atoms with Crippen LogP contribution in [0.5, 0.6) is 0 Å². The maximum Gasteiger partial charge on any atom is 0.291 e. The van der Waals surface area contributed by atoms with Crippen molar-refractivity contribution >= 4 is 11.4 Å². The number of anilines is 2. The molecule has 0 aliphatic carbocycles. The molecule has 0 unspecified atom stereocenters. The summed E-state index contributed by atoms with van der Waals surface area (Å²) in [6.45, 7) is 0. The Hall–Kier alpha value is -1.98. The second-order valence-electron chi connectivity index (χ2n) is 1.90. The molecule has 1 rings (SSSR count). The third-order valence-corrected chi connectivity index (χ3v) is 0.936. The van der Waals surface area contributed by atoms with Gasteiger partial charge in [0.2, 0.25) is 0 Å². The maximum atomic E-state index is 8.36. The Kier molecular flexibility index (Phi) is 3.99. The van der Waals surface area contributed by atoms with Gasteiger partial charge in [-0.3, -0.25) is 0 Å². The Morgan fingerprint density at radius 1 is 1.17 bits per heavy atom. The van der Waals surface area contributed by atoms with Gasteiger partial charge in [-0.15, -0.1) is 10.1 Å². The third-order valence-electron chi connectivity index (χ3n) is 0.936. The fourth-order valence-electron chi connectivity index (χ4n) is 0.496. The number of benzene rings is 1. The van der Waals surface area contributed by atoms with E-state index < -0.39 is 5.09 Å². The van der Waals surface area contributed by atoms with Crippen LogP contribution < -0.4 is 11.5 Å². The van der Waals surface area contributed by atoms with Gasteiger partial charge < -0.3 is 16.7 Å². The van der Waals surface area contributed by atoms with Crippen LogP contribution in [0.2, 0.25) is 0 Å². The van der Waals surface area contributed by atoms with Gasteiger partial charge in [0.25, 0.3) is 5.09 Å². The molecule has 0 amide bonds. The largest absolute Gasteiger partial charge is 0.399 e. The summed E-state index contributed by atoms with van der Waals surface area (Å²) in [5, 5.41) is 13.6. The van der Waals surface area contributed by atoms with Crippen LogP contribution in [-0.4, -0.2) is 10.3 Å². The lowest BCUT2D eigenvalue weighted by Crippen LogP contribution is -1.86. The summed E-state index contributed by atoms with van der Waals surface area (Å²) in [6, 6.07) is 7.09. The molecule has 0 aliphatic rings. The van der Waals surface area contributed by atoms with Crippen LogP contribution in [0.25, 0.3) is 0 Å². The molecule has 6 nitrogen and oxygen atoms in total. The van der Waals surface area contributed by atoms with Crippen molar-refractivity contribution in [3.63, 3.8) is 0 Å². The Morgan fingerprint density at radius 3 is 1.50 bits per heavy atom. The quantitative estimate of drug-likeness (QED) is 0.298. The molecule has 0 fully saturated rings. The highest BCUT2D eigenvalue weighted by atomic mass is 16.9. The molecule has 0 heterocycles. The van der Waals surface area contributed by atoms with Gasteiger partial charge in [-0.25, -0.2) is 0 Å². The molecule has 0 spiro atoms. The molecule has 1 aromatic rings. The minimum atomic E-state index is -1.50. The molecule has 0 radical (unpaired) electrons. The zero-order valence-corrected chi connectivity index (χ0v) is 6.18. The Morgan fingerprint density at radius 2 is 1.33 bits per heavy atom. The smallest absolute Gasteiger partial charge is 0.291 e. The number of hydrogen-bond acceptors (Lipinski definition) is 4. The van der Waals surface area contributed by atoms with Crippen molar-refractivity contribution in [2.45, 2.75) is 0 Å². The average Bonchev–Trinajstić information content (AvgIpc) is 1.94. The number of nitrogens with zero attached hydrogens (tertiary/aromatic N) is 1. The summed E-state index contributed by atoms with van der Waals surface area (Å²) >= 11 is 0. The van der Waals surface area contributed by atoms with Gasteiger partial charge in [-0.1, -0.05) is 0 Å². The van der Waals surface area contributed by atoms with E-state index in [4.69, 9.17) is 26.8 Å². The van der Waals surface area contributed by atoms with Gasteiger partial charge >= 0.3 is 0 Å². The van der Waals surface area contributed by atoms with Crippen LogP contribution in [0.15, 0.2) is 24.3 Å². The van der Waals surface area contributed by atoms with Crippen LogP contribution in [0.3, 0.4) is 0 Å². The van der Waals surface area contributed by atoms with E-state index in [0.717, 1.165) is 11.4 Å². The van der Waals surface area contributed by atoms with Crippen LogP contribution in [0.1, 0.15) is 0 Å². The minimum Gasteiger partial charge on any atom is -0.399 e. The number of nitrogens with two attached hydrogens (primary N) is 2. The van der Waals surface area contributed by atoms with E-state index in [0.29, 0.717) is 0 Å². The average molecular weight is 171 g/mol. The first kappa shape index (κ1) is 10.0. The second kappa shape index (κ2) is 4.78. The van der Waals surface area contributed by atoms with E-state index in [9.17, 15) is 0 Å². The summed E-state index contributed by atoms with van der Waals surface area (Å²) in [6.07, 6.45) is 0. The zero-order valence-electron chi connectivity index (χ0n) is 6.18. The van der Waals surface area contributed by atoms with E-state index in [1.165, 1.54) is 0 Å². The number of hydrogen-bond donors (Lipinski definition) is 3. The second-order valence-corrected chi connectivity index (χ2v) is 1.90. The molecular formula is C6H9N3O3. The highest BCUT2D eigenvalue weighted by Crippen LogP contribution is 2.04. The fraction of sp³-hybridized carbons (Fsp3) is 0. The van der Waals surface area contributed by atoms with E-state index >= 15 is 0 Å². The lowest BCUT2D eigenvalue weighted by atomic mass is 10.3. The van der Waals surface area contributed by atoms with Gasteiger partial charge in [0.15, 0.2) is 0 Å². The third kappa shape index (κ3) is 6.14. The van der Waals surface area contributed by atoms with Gasteiger partial charge in [0.05, 0.1) is 0 Å². The molecule has 0 aliphatic heterocycles. The molecule has 5 N–H and O–H groups in total. The van der Waals surface area contributed by atoms with E-state index in [1.807, 2.05) is 0 Å². The van der Waals surface area contributed by atoms with Crippen LogP contribution in [0, 0.1) is 10.1 Å². The number of rotatable bonds is 0. The van der Waals surface area contributed by atoms with Crippen LogP contribution in [-0.2, 0) is 0 Å². The van der Waals surface area contributed by atoms with Crippen molar-refractivity contribution in [3.05, 3.63) is 34.4 Å². The van der Waals surface area contributed by atoms with E-state index in [-0.39, 0.29) is 0 Å². The lowest BCUT2D eigenvalue weighted by Gasteiger charge is -1.90. The molecule has 0 aromatic heterocycles. The van der Waals surface area contributed by atoms with Crippen molar-refractivity contribution in [2.24, 2.45) is 0 Å². The maximum absolute atomic E-state index is 8.36. The molecule has 1 aromatic carbocycles. The lowest BCUT2D eigenvalue weighted by molar-refractivity contribution is -0.742. The minimum absolute atomic E-state index is 0.749. The highest BCUT2D eigenvalue weighted by molar-refractivity contribution is 5.47. The normalized spacial score (nSPS) is 8.00. The molecular weight excluding hydrogens is 162 g/mol. The molecule has 0 bridgehead atoms. The molecule has 0 saturated carbocycles. The summed E-state index contributed by atoms with van der Waals surface area (Å²) in [5.74, 6) is 0. The summed E-state index contributed by atoms with van der Waals surface area (Å²) in [4.78, 5) is 8.36. The van der Waals surface area contributed by atoms with Crippen molar-refractivity contribution in [1.82, 2.24) is 0 Å². The first-order valence-corrected chi connectivity index (χ1v) is 2.96. The molecule has 0 saturated heterocycles. The fourth-order valence-corrected chi connectivity index (χ4v) is 0.496. The predicted molar refractivity (Wildman–Crippen MR) is 44.0 cm³/mol. The zero-order chi connectivity index (χ0) is 9.56. The topological polar surface area (TPSA) is 115 Å². The molecule has 12 heavy (non-hydrogen) atoms. The predicted octanol–water partition coefficient (Wildman–Crippen LogP) is 0.503. The monoisotopic (exact) mass is 171 g/mol. The van der Waals surface area contributed by atoms with Crippen molar-refractivity contribution in [1.29, 1.82) is 0 Å². The van der Waals surface area contributed by atoms with E-state index in [2.05, 4.69) is 0 Å². The number of nitrogen functional groups attached to an aromatic ring is 2. The summed E-state index contributed by atoms with van der Waals surface area (Å²) < 4.78 is 0. The van der Waals surface area contributed by atoms with Crippen LogP contribution >= 0.6 is 0 Å². The van der Waals surface area contributed by atoms with Gasteiger partial charge in [-0.05, 0) is 24.3 Å². The molecule has 6 heteroatoms. The van der Waals surface area contributed by atoms with Gasteiger partial charge in [0, 0.05) is 11.4 Å². The van der Waals surface area contributed by atoms with Crippen molar-refractivity contribution in [2.75, 3.05) is 11.5 Å². The highest BCUT2D eigenvalue weighted by Gasteiger charge is 1.80. The van der Waals surface area contributed by atoms with Gasteiger partial charge in [0.1, 0.15) is 0 Å². The summed E-state index contributed by atoms with van der Waals surface area (Å²) in [7, 11) is 0. The first-order chi connectivity index (χ1) is 5.52. The Labute approximate surface area is 68.5 Å². The van der Waals surface area contributed by atoms with Gasteiger partial charge in [-0.2, -0.15) is 0 Å².